The summed E-state index contributed by atoms with van der Waals surface area (Å²) < 4.78 is 0. The van der Waals surface area contributed by atoms with Crippen molar-refractivity contribution in [2.24, 2.45) is 11.7 Å². The van der Waals surface area contributed by atoms with Gasteiger partial charge in [-0.15, -0.1) is 0 Å². The third-order valence-electron chi connectivity index (χ3n) is 3.66. The van der Waals surface area contributed by atoms with Gasteiger partial charge in [0, 0.05) is 6.04 Å². The smallest absolute Gasteiger partial charge is 0.00448 e. The second-order valence-corrected chi connectivity index (χ2v) is 5.57. The van der Waals surface area contributed by atoms with Crippen LogP contribution in [0, 0.1) is 5.92 Å². The molecule has 1 aliphatic carbocycles. The highest BCUT2D eigenvalue weighted by Crippen LogP contribution is 2.40. The molecule has 0 aliphatic heterocycles. The Morgan fingerprint density at radius 2 is 2.33 bits per heavy atom. The zero-order chi connectivity index (χ0) is 10.7. The monoisotopic (exact) mass is 223 g/mol. The number of hydrogen-bond acceptors (Lipinski definition) is 2. The maximum Gasteiger partial charge on any atom is 0.00448 e. The van der Waals surface area contributed by atoms with Crippen LogP contribution in [0.5, 0.6) is 0 Å². The zero-order valence-electron chi connectivity index (χ0n) is 9.49. The minimum Gasteiger partial charge on any atom is -0.328 e. The van der Waals surface area contributed by atoms with E-state index in [9.17, 15) is 0 Å². The van der Waals surface area contributed by atoms with Crippen LogP contribution in [0.25, 0.3) is 0 Å². The van der Waals surface area contributed by atoms with E-state index in [4.69, 9.17) is 5.73 Å². The summed E-state index contributed by atoms with van der Waals surface area (Å²) in [7, 11) is 0. The molecule has 0 amide bonds. The number of thiophene rings is 1. The van der Waals surface area contributed by atoms with E-state index in [1.54, 1.807) is 0 Å². The van der Waals surface area contributed by atoms with Gasteiger partial charge in [-0.05, 0) is 53.5 Å². The van der Waals surface area contributed by atoms with Crippen LogP contribution in [0.15, 0.2) is 16.8 Å². The van der Waals surface area contributed by atoms with Crippen LogP contribution in [0.3, 0.4) is 0 Å². The van der Waals surface area contributed by atoms with Gasteiger partial charge < -0.3 is 5.73 Å². The van der Waals surface area contributed by atoms with E-state index in [0.717, 1.165) is 11.8 Å². The summed E-state index contributed by atoms with van der Waals surface area (Å²) in [4.78, 5) is 0. The van der Waals surface area contributed by atoms with Gasteiger partial charge in [-0.1, -0.05) is 19.8 Å². The molecule has 2 heteroatoms. The second kappa shape index (κ2) is 5.13. The summed E-state index contributed by atoms with van der Waals surface area (Å²) in [6.45, 7) is 2.29. The van der Waals surface area contributed by atoms with Gasteiger partial charge in [-0.2, -0.15) is 11.3 Å². The first-order valence-corrected chi connectivity index (χ1v) is 7.03. The molecule has 0 spiro atoms. The highest BCUT2D eigenvalue weighted by molar-refractivity contribution is 7.07. The quantitative estimate of drug-likeness (QED) is 0.829. The van der Waals surface area contributed by atoms with Crippen molar-refractivity contribution in [3.8, 4) is 0 Å². The summed E-state index contributed by atoms with van der Waals surface area (Å²) >= 11 is 1.81. The van der Waals surface area contributed by atoms with Gasteiger partial charge in [-0.25, -0.2) is 0 Å². The molecular formula is C13H21NS. The van der Waals surface area contributed by atoms with E-state index in [0.29, 0.717) is 6.04 Å². The molecule has 3 atom stereocenters. The molecule has 1 heterocycles. The Kier molecular flexibility index (Phi) is 3.81. The average molecular weight is 223 g/mol. The average Bonchev–Trinajstić information content (AvgIpc) is 2.74. The molecule has 15 heavy (non-hydrogen) atoms. The third-order valence-corrected chi connectivity index (χ3v) is 4.37. The molecule has 1 saturated carbocycles. The minimum absolute atomic E-state index is 0.433. The van der Waals surface area contributed by atoms with E-state index in [2.05, 4.69) is 23.8 Å². The van der Waals surface area contributed by atoms with Crippen LogP contribution in [0.1, 0.15) is 50.5 Å². The topological polar surface area (TPSA) is 26.0 Å². The Labute approximate surface area is 96.7 Å². The molecule has 0 saturated heterocycles. The van der Waals surface area contributed by atoms with Crippen molar-refractivity contribution in [1.82, 2.24) is 0 Å². The lowest BCUT2D eigenvalue weighted by Gasteiger charge is -2.34. The van der Waals surface area contributed by atoms with E-state index >= 15 is 0 Å². The molecule has 1 aromatic rings. The summed E-state index contributed by atoms with van der Waals surface area (Å²) in [5.74, 6) is 1.62. The fourth-order valence-electron chi connectivity index (χ4n) is 2.88. The first-order chi connectivity index (χ1) is 7.31. The SMILES string of the molecule is CCCC1CCC(N)CC1c1ccsc1. The molecule has 0 aromatic carbocycles. The highest BCUT2D eigenvalue weighted by Gasteiger charge is 2.29. The molecule has 1 aromatic heterocycles. The molecule has 2 rings (SSSR count). The molecule has 2 N–H and O–H groups in total. The zero-order valence-corrected chi connectivity index (χ0v) is 10.3. The number of nitrogens with two attached hydrogens (primary N) is 1. The van der Waals surface area contributed by atoms with Gasteiger partial charge in [0.05, 0.1) is 0 Å². The Hall–Kier alpha value is -0.340. The molecule has 0 radical (unpaired) electrons. The third kappa shape index (κ3) is 2.61. The summed E-state index contributed by atoms with van der Waals surface area (Å²) in [6, 6.07) is 2.72. The van der Waals surface area contributed by atoms with Crippen molar-refractivity contribution in [2.75, 3.05) is 0 Å². The van der Waals surface area contributed by atoms with E-state index in [1.165, 1.54) is 37.7 Å². The van der Waals surface area contributed by atoms with E-state index in [1.807, 2.05) is 11.3 Å². The normalized spacial score (nSPS) is 31.7. The number of hydrogen-bond donors (Lipinski definition) is 1. The van der Waals surface area contributed by atoms with Crippen molar-refractivity contribution in [3.05, 3.63) is 22.4 Å². The van der Waals surface area contributed by atoms with Crippen molar-refractivity contribution in [2.45, 2.75) is 51.0 Å². The van der Waals surface area contributed by atoms with Crippen molar-refractivity contribution >= 4 is 11.3 Å². The Balaban J connectivity index is 2.09. The largest absolute Gasteiger partial charge is 0.328 e. The van der Waals surface area contributed by atoms with Gasteiger partial charge in [0.1, 0.15) is 0 Å². The molecule has 0 bridgehead atoms. The first-order valence-electron chi connectivity index (χ1n) is 6.09. The van der Waals surface area contributed by atoms with Gasteiger partial charge in [0.2, 0.25) is 0 Å². The van der Waals surface area contributed by atoms with Gasteiger partial charge in [0.15, 0.2) is 0 Å². The lowest BCUT2D eigenvalue weighted by Crippen LogP contribution is -2.32. The van der Waals surface area contributed by atoms with Crippen molar-refractivity contribution < 1.29 is 0 Å². The maximum absolute atomic E-state index is 6.09. The summed E-state index contributed by atoms with van der Waals surface area (Å²) in [5.41, 5.74) is 7.63. The van der Waals surface area contributed by atoms with Crippen molar-refractivity contribution in [3.63, 3.8) is 0 Å². The summed E-state index contributed by atoms with van der Waals surface area (Å²) in [6.07, 6.45) is 6.43. The minimum atomic E-state index is 0.433. The van der Waals surface area contributed by atoms with Gasteiger partial charge in [-0.3, -0.25) is 0 Å². The van der Waals surface area contributed by atoms with Crippen molar-refractivity contribution in [1.29, 1.82) is 0 Å². The Bertz CT molecular complexity index is 281. The summed E-state index contributed by atoms with van der Waals surface area (Å²) in [5, 5.41) is 4.50. The van der Waals surface area contributed by atoms with E-state index < -0.39 is 0 Å². The van der Waals surface area contributed by atoms with Crippen LogP contribution < -0.4 is 5.73 Å². The Morgan fingerprint density at radius 1 is 1.47 bits per heavy atom. The van der Waals surface area contributed by atoms with Gasteiger partial charge in [0.25, 0.3) is 0 Å². The molecular weight excluding hydrogens is 202 g/mol. The molecule has 1 nitrogen and oxygen atoms in total. The van der Waals surface area contributed by atoms with Crippen LogP contribution in [0.4, 0.5) is 0 Å². The molecule has 84 valence electrons. The molecule has 1 fully saturated rings. The lowest BCUT2D eigenvalue weighted by molar-refractivity contribution is 0.265. The Morgan fingerprint density at radius 3 is 3.00 bits per heavy atom. The lowest BCUT2D eigenvalue weighted by atomic mass is 9.73. The standard InChI is InChI=1S/C13H21NS/c1-2-3-10-4-5-12(14)8-13(10)11-6-7-15-9-11/h6-7,9-10,12-13H,2-5,8,14H2,1H3. The van der Waals surface area contributed by atoms with Crippen LogP contribution in [-0.4, -0.2) is 6.04 Å². The second-order valence-electron chi connectivity index (χ2n) is 4.79. The fourth-order valence-corrected chi connectivity index (χ4v) is 3.60. The first kappa shape index (κ1) is 11.2. The predicted octanol–water partition coefficient (Wildman–Crippen LogP) is 3.76. The van der Waals surface area contributed by atoms with Crippen LogP contribution in [-0.2, 0) is 0 Å². The fraction of sp³-hybridized carbons (Fsp3) is 0.692. The highest BCUT2D eigenvalue weighted by atomic mass is 32.1. The molecule has 1 aliphatic rings. The van der Waals surface area contributed by atoms with Gasteiger partial charge >= 0.3 is 0 Å². The van der Waals surface area contributed by atoms with Crippen LogP contribution >= 0.6 is 11.3 Å². The predicted molar refractivity (Wildman–Crippen MR) is 67.3 cm³/mol. The van der Waals surface area contributed by atoms with E-state index in [-0.39, 0.29) is 0 Å². The maximum atomic E-state index is 6.09. The van der Waals surface area contributed by atoms with Crippen LogP contribution in [0.2, 0.25) is 0 Å². The number of rotatable bonds is 3. The molecule has 3 unspecified atom stereocenters.